The highest BCUT2D eigenvalue weighted by Gasteiger charge is 2.11. The van der Waals surface area contributed by atoms with E-state index in [9.17, 15) is 9.59 Å². The van der Waals surface area contributed by atoms with E-state index in [2.05, 4.69) is 0 Å². The van der Waals surface area contributed by atoms with E-state index in [1.54, 1.807) is 19.2 Å². The Hall–Kier alpha value is -2.08. The predicted octanol–water partition coefficient (Wildman–Crippen LogP) is 0.397. The minimum Gasteiger partial charge on any atom is -0.408 e. The lowest BCUT2D eigenvalue weighted by Gasteiger charge is -2.10. The van der Waals surface area contributed by atoms with E-state index in [-0.39, 0.29) is 18.4 Å². The Bertz CT molecular complexity index is 642. The molecule has 1 heterocycles. The summed E-state index contributed by atoms with van der Waals surface area (Å²) in [6, 6.07) is 5.03. The Morgan fingerprint density at radius 3 is 2.89 bits per heavy atom. The number of oxazole rings is 1. The fraction of sp³-hybridized carbons (Fsp3) is 0.333. The highest BCUT2D eigenvalue weighted by molar-refractivity contribution is 5.74. The van der Waals surface area contributed by atoms with E-state index < -0.39 is 5.76 Å². The highest BCUT2D eigenvalue weighted by Crippen LogP contribution is 2.20. The van der Waals surface area contributed by atoms with Crippen molar-refractivity contribution in [2.75, 3.05) is 0 Å². The van der Waals surface area contributed by atoms with Gasteiger partial charge in [0.05, 0.1) is 5.52 Å². The average molecular weight is 249 g/mol. The number of hydrogen-bond donors (Lipinski definition) is 2. The van der Waals surface area contributed by atoms with Crippen molar-refractivity contribution in [3.63, 3.8) is 0 Å². The first-order chi connectivity index (χ1) is 8.49. The van der Waals surface area contributed by atoms with E-state index in [0.29, 0.717) is 17.5 Å². The minimum atomic E-state index is -0.409. The molecule has 0 aliphatic heterocycles. The summed E-state index contributed by atoms with van der Waals surface area (Å²) in [6.45, 7) is 0. The maximum absolute atomic E-state index is 11.3. The summed E-state index contributed by atoms with van der Waals surface area (Å²) in [7, 11) is 1.64. The molecule has 0 bridgehead atoms. The van der Waals surface area contributed by atoms with Gasteiger partial charge in [0, 0.05) is 19.5 Å². The topological polar surface area (TPSA) is 104 Å². The molecule has 2 rings (SSSR count). The number of aryl methyl sites for hydroxylation is 1. The molecule has 1 amide bonds. The van der Waals surface area contributed by atoms with Gasteiger partial charge in [-0.15, -0.1) is 0 Å². The van der Waals surface area contributed by atoms with Crippen LogP contribution in [0.4, 0.5) is 0 Å². The summed E-state index contributed by atoms with van der Waals surface area (Å²) in [6.07, 6.45) is 0.704. The molecule has 0 saturated heterocycles. The van der Waals surface area contributed by atoms with E-state index >= 15 is 0 Å². The van der Waals surface area contributed by atoms with Crippen molar-refractivity contribution in [2.24, 2.45) is 18.5 Å². The smallest absolute Gasteiger partial charge is 0.408 e. The van der Waals surface area contributed by atoms with Crippen LogP contribution in [0.25, 0.3) is 11.1 Å². The third-order valence-electron chi connectivity index (χ3n) is 2.95. The van der Waals surface area contributed by atoms with Gasteiger partial charge in [-0.1, -0.05) is 6.07 Å². The zero-order valence-corrected chi connectivity index (χ0v) is 10.1. The van der Waals surface area contributed by atoms with Crippen molar-refractivity contribution >= 4 is 17.0 Å². The van der Waals surface area contributed by atoms with Gasteiger partial charge >= 0.3 is 5.76 Å². The third kappa shape index (κ3) is 2.28. The van der Waals surface area contributed by atoms with Crippen LogP contribution in [-0.4, -0.2) is 10.5 Å². The van der Waals surface area contributed by atoms with Crippen molar-refractivity contribution in [2.45, 2.75) is 18.9 Å². The van der Waals surface area contributed by atoms with E-state index in [0.717, 1.165) is 5.56 Å². The first kappa shape index (κ1) is 12.4. The molecule has 0 spiro atoms. The second-order valence-electron chi connectivity index (χ2n) is 4.27. The molecule has 1 aromatic heterocycles. The first-order valence-corrected chi connectivity index (χ1v) is 5.62. The van der Waals surface area contributed by atoms with Crippen LogP contribution in [0.2, 0.25) is 0 Å². The second kappa shape index (κ2) is 4.66. The molecule has 0 aliphatic rings. The SMILES string of the molecule is Cn1c(=O)oc2cc(C(N)CCC(N)=O)ccc21. The molecule has 18 heavy (non-hydrogen) atoms. The number of carbonyl (C=O) groups excluding carboxylic acids is 1. The molecule has 2 aromatic rings. The molecule has 0 fully saturated rings. The monoisotopic (exact) mass is 249 g/mol. The van der Waals surface area contributed by atoms with Crippen LogP contribution < -0.4 is 17.2 Å². The first-order valence-electron chi connectivity index (χ1n) is 5.62. The Balaban J connectivity index is 2.29. The number of primary amides is 1. The summed E-state index contributed by atoms with van der Waals surface area (Å²) in [5.74, 6) is -0.786. The Morgan fingerprint density at radius 2 is 2.22 bits per heavy atom. The van der Waals surface area contributed by atoms with Crippen molar-refractivity contribution in [3.8, 4) is 0 Å². The molecular weight excluding hydrogens is 234 g/mol. The van der Waals surface area contributed by atoms with Crippen LogP contribution >= 0.6 is 0 Å². The van der Waals surface area contributed by atoms with Gasteiger partial charge in [0.25, 0.3) is 0 Å². The van der Waals surface area contributed by atoms with Crippen LogP contribution in [-0.2, 0) is 11.8 Å². The van der Waals surface area contributed by atoms with Gasteiger partial charge in [-0.05, 0) is 24.1 Å². The number of aromatic nitrogens is 1. The Morgan fingerprint density at radius 1 is 1.50 bits per heavy atom. The fourth-order valence-electron chi connectivity index (χ4n) is 1.85. The highest BCUT2D eigenvalue weighted by atomic mass is 16.4. The van der Waals surface area contributed by atoms with Gasteiger partial charge in [-0.25, -0.2) is 4.79 Å². The number of amides is 1. The second-order valence-corrected chi connectivity index (χ2v) is 4.27. The summed E-state index contributed by atoms with van der Waals surface area (Å²) < 4.78 is 6.50. The van der Waals surface area contributed by atoms with Gasteiger partial charge in [0.2, 0.25) is 5.91 Å². The van der Waals surface area contributed by atoms with Crippen molar-refractivity contribution < 1.29 is 9.21 Å². The molecule has 96 valence electrons. The number of rotatable bonds is 4. The summed E-state index contributed by atoms with van der Waals surface area (Å²) in [5.41, 5.74) is 13.0. The Kier molecular flexibility index (Phi) is 3.20. The van der Waals surface area contributed by atoms with E-state index in [1.807, 2.05) is 6.07 Å². The molecule has 6 heteroatoms. The van der Waals surface area contributed by atoms with Gasteiger partial charge in [0.1, 0.15) is 0 Å². The lowest BCUT2D eigenvalue weighted by Crippen LogP contribution is -2.16. The lowest BCUT2D eigenvalue weighted by molar-refractivity contribution is -0.118. The Labute approximate surface area is 103 Å². The minimum absolute atomic E-state index is 0.234. The van der Waals surface area contributed by atoms with Crippen LogP contribution in [0.3, 0.4) is 0 Å². The molecule has 0 saturated carbocycles. The average Bonchev–Trinajstić information content (AvgIpc) is 2.61. The number of carbonyl (C=O) groups is 1. The van der Waals surface area contributed by atoms with Crippen LogP contribution in [0.1, 0.15) is 24.4 Å². The molecule has 1 unspecified atom stereocenters. The van der Waals surface area contributed by atoms with Crippen molar-refractivity contribution in [1.82, 2.24) is 4.57 Å². The number of fused-ring (bicyclic) bond motifs is 1. The standard InChI is InChI=1S/C12H15N3O3/c1-15-9-4-2-7(6-10(9)18-12(15)17)8(13)3-5-11(14)16/h2,4,6,8H,3,5,13H2,1H3,(H2,14,16). The van der Waals surface area contributed by atoms with Crippen molar-refractivity contribution in [3.05, 3.63) is 34.3 Å². The van der Waals surface area contributed by atoms with Gasteiger partial charge in [0.15, 0.2) is 5.58 Å². The normalized spacial score (nSPS) is 12.8. The molecule has 0 radical (unpaired) electrons. The van der Waals surface area contributed by atoms with E-state index in [1.165, 1.54) is 4.57 Å². The summed E-state index contributed by atoms with van der Waals surface area (Å²) in [4.78, 5) is 22.0. The molecular formula is C12H15N3O3. The zero-order chi connectivity index (χ0) is 13.3. The largest absolute Gasteiger partial charge is 0.419 e. The molecule has 4 N–H and O–H groups in total. The molecule has 0 aliphatic carbocycles. The molecule has 1 atom stereocenters. The van der Waals surface area contributed by atoms with Crippen LogP contribution in [0.5, 0.6) is 0 Å². The predicted molar refractivity (Wildman–Crippen MR) is 66.8 cm³/mol. The van der Waals surface area contributed by atoms with Gasteiger partial charge in [-0.3, -0.25) is 9.36 Å². The van der Waals surface area contributed by atoms with Crippen molar-refractivity contribution in [1.29, 1.82) is 0 Å². The van der Waals surface area contributed by atoms with Gasteiger partial charge < -0.3 is 15.9 Å². The van der Waals surface area contributed by atoms with E-state index in [4.69, 9.17) is 15.9 Å². The van der Waals surface area contributed by atoms with Crippen LogP contribution in [0, 0.1) is 0 Å². The molecule has 6 nitrogen and oxygen atoms in total. The fourth-order valence-corrected chi connectivity index (χ4v) is 1.85. The lowest BCUT2D eigenvalue weighted by atomic mass is 10.0. The number of hydrogen-bond acceptors (Lipinski definition) is 4. The zero-order valence-electron chi connectivity index (χ0n) is 10.1. The third-order valence-corrected chi connectivity index (χ3v) is 2.95. The summed E-state index contributed by atoms with van der Waals surface area (Å²) >= 11 is 0. The number of nitrogens with zero attached hydrogens (tertiary/aromatic N) is 1. The van der Waals surface area contributed by atoms with Crippen LogP contribution in [0.15, 0.2) is 27.4 Å². The molecule has 1 aromatic carbocycles. The maximum Gasteiger partial charge on any atom is 0.419 e. The number of nitrogens with two attached hydrogens (primary N) is 2. The summed E-state index contributed by atoms with van der Waals surface area (Å²) in [5, 5.41) is 0. The quantitative estimate of drug-likeness (QED) is 0.818. The number of benzene rings is 1. The van der Waals surface area contributed by atoms with Gasteiger partial charge in [-0.2, -0.15) is 0 Å². The maximum atomic E-state index is 11.3.